The van der Waals surface area contributed by atoms with Crippen LogP contribution in [0.25, 0.3) is 0 Å². The molecule has 1 saturated carbocycles. The predicted octanol–water partition coefficient (Wildman–Crippen LogP) is 0.886. The summed E-state index contributed by atoms with van der Waals surface area (Å²) < 4.78 is 0. The first-order valence-electron chi connectivity index (χ1n) is 4.95. The van der Waals surface area contributed by atoms with E-state index in [1.165, 1.54) is 0 Å². The van der Waals surface area contributed by atoms with E-state index in [4.69, 9.17) is 5.73 Å². The highest BCUT2D eigenvalue weighted by atomic mass is 16.1. The van der Waals surface area contributed by atoms with E-state index >= 15 is 0 Å². The van der Waals surface area contributed by atoms with E-state index in [1.54, 1.807) is 0 Å². The van der Waals surface area contributed by atoms with Crippen molar-refractivity contribution in [1.29, 1.82) is 0 Å². The van der Waals surface area contributed by atoms with Crippen LogP contribution in [0.4, 0.5) is 0 Å². The maximum absolute atomic E-state index is 11.4. The molecule has 3 heteroatoms. The van der Waals surface area contributed by atoms with Gasteiger partial charge in [-0.25, -0.2) is 0 Å². The number of hydrogen-bond acceptors (Lipinski definition) is 2. The van der Waals surface area contributed by atoms with Crippen LogP contribution in [0.1, 0.15) is 33.6 Å². The molecule has 0 saturated heterocycles. The Morgan fingerprint density at radius 1 is 1.69 bits per heavy atom. The SMILES string of the molecule is CC(CN)CC(=O)NC1CC1(C)C. The number of nitrogens with one attached hydrogen (secondary N) is 1. The summed E-state index contributed by atoms with van der Waals surface area (Å²) in [6, 6.07) is 0.393. The molecule has 13 heavy (non-hydrogen) atoms. The molecule has 0 aromatic rings. The number of carbonyl (C=O) groups is 1. The maximum Gasteiger partial charge on any atom is 0.220 e. The first-order valence-corrected chi connectivity index (χ1v) is 4.95. The van der Waals surface area contributed by atoms with Gasteiger partial charge in [-0.1, -0.05) is 20.8 Å². The van der Waals surface area contributed by atoms with E-state index in [9.17, 15) is 4.79 Å². The first-order chi connectivity index (χ1) is 5.95. The summed E-state index contributed by atoms with van der Waals surface area (Å²) in [4.78, 5) is 11.4. The second-order valence-corrected chi connectivity index (χ2v) is 4.86. The Kier molecular flexibility index (Phi) is 2.96. The van der Waals surface area contributed by atoms with Crippen molar-refractivity contribution in [1.82, 2.24) is 5.32 Å². The molecule has 3 N–H and O–H groups in total. The topological polar surface area (TPSA) is 55.1 Å². The van der Waals surface area contributed by atoms with Crippen LogP contribution in [0.15, 0.2) is 0 Å². The lowest BCUT2D eigenvalue weighted by molar-refractivity contribution is -0.122. The van der Waals surface area contributed by atoms with Crippen molar-refractivity contribution >= 4 is 5.91 Å². The maximum atomic E-state index is 11.4. The minimum Gasteiger partial charge on any atom is -0.353 e. The third kappa shape index (κ3) is 2.99. The lowest BCUT2D eigenvalue weighted by Gasteiger charge is -2.10. The minimum absolute atomic E-state index is 0.147. The highest BCUT2D eigenvalue weighted by Crippen LogP contribution is 2.44. The Labute approximate surface area is 80.1 Å². The molecule has 76 valence electrons. The summed E-state index contributed by atoms with van der Waals surface area (Å²) in [5.74, 6) is 0.440. The van der Waals surface area contributed by atoms with Crippen LogP contribution < -0.4 is 11.1 Å². The summed E-state index contributed by atoms with van der Waals surface area (Å²) in [7, 11) is 0. The van der Waals surface area contributed by atoms with Crippen molar-refractivity contribution in [3.8, 4) is 0 Å². The van der Waals surface area contributed by atoms with E-state index < -0.39 is 0 Å². The van der Waals surface area contributed by atoms with E-state index in [0.717, 1.165) is 6.42 Å². The largest absolute Gasteiger partial charge is 0.353 e. The number of hydrogen-bond donors (Lipinski definition) is 2. The van der Waals surface area contributed by atoms with Crippen LogP contribution in [0.2, 0.25) is 0 Å². The lowest BCUT2D eigenvalue weighted by atomic mass is 10.1. The lowest BCUT2D eigenvalue weighted by Crippen LogP contribution is -2.30. The van der Waals surface area contributed by atoms with Crippen molar-refractivity contribution in [2.75, 3.05) is 6.54 Å². The first kappa shape index (κ1) is 10.5. The fourth-order valence-electron chi connectivity index (χ4n) is 1.37. The molecule has 2 atom stereocenters. The van der Waals surface area contributed by atoms with Crippen molar-refractivity contribution in [3.63, 3.8) is 0 Å². The Morgan fingerprint density at radius 2 is 2.23 bits per heavy atom. The summed E-state index contributed by atoms with van der Waals surface area (Å²) in [6.07, 6.45) is 1.67. The van der Waals surface area contributed by atoms with Crippen LogP contribution >= 0.6 is 0 Å². The van der Waals surface area contributed by atoms with Gasteiger partial charge in [0.05, 0.1) is 0 Å². The van der Waals surface area contributed by atoms with Gasteiger partial charge in [-0.2, -0.15) is 0 Å². The molecule has 0 bridgehead atoms. The summed E-state index contributed by atoms with van der Waals surface area (Å²) in [6.45, 7) is 6.92. The molecule has 1 amide bonds. The zero-order valence-corrected chi connectivity index (χ0v) is 8.76. The highest BCUT2D eigenvalue weighted by molar-refractivity contribution is 5.77. The fourth-order valence-corrected chi connectivity index (χ4v) is 1.37. The zero-order valence-electron chi connectivity index (χ0n) is 8.76. The van der Waals surface area contributed by atoms with Crippen molar-refractivity contribution in [3.05, 3.63) is 0 Å². The van der Waals surface area contributed by atoms with Gasteiger partial charge in [0.15, 0.2) is 0 Å². The second kappa shape index (κ2) is 3.66. The molecular weight excluding hydrogens is 164 g/mol. The number of amides is 1. The quantitative estimate of drug-likeness (QED) is 0.681. The highest BCUT2D eigenvalue weighted by Gasteiger charge is 2.46. The van der Waals surface area contributed by atoms with Gasteiger partial charge in [0.1, 0.15) is 0 Å². The molecule has 3 nitrogen and oxygen atoms in total. The van der Waals surface area contributed by atoms with E-state index in [2.05, 4.69) is 19.2 Å². The summed E-state index contributed by atoms with van der Waals surface area (Å²) >= 11 is 0. The molecule has 0 spiro atoms. The van der Waals surface area contributed by atoms with Crippen LogP contribution in [-0.4, -0.2) is 18.5 Å². The Hall–Kier alpha value is -0.570. The van der Waals surface area contributed by atoms with Gasteiger partial charge >= 0.3 is 0 Å². The molecule has 1 fully saturated rings. The molecule has 1 aliphatic carbocycles. The van der Waals surface area contributed by atoms with Crippen LogP contribution in [0.3, 0.4) is 0 Å². The van der Waals surface area contributed by atoms with Crippen LogP contribution in [-0.2, 0) is 4.79 Å². The Morgan fingerprint density at radius 3 is 2.62 bits per heavy atom. The van der Waals surface area contributed by atoms with E-state index in [-0.39, 0.29) is 5.91 Å². The summed E-state index contributed by atoms with van der Waals surface area (Å²) in [5, 5.41) is 3.01. The van der Waals surface area contributed by atoms with Gasteiger partial charge in [-0.15, -0.1) is 0 Å². The van der Waals surface area contributed by atoms with Gasteiger partial charge in [-0.3, -0.25) is 4.79 Å². The fraction of sp³-hybridized carbons (Fsp3) is 0.900. The Balaban J connectivity index is 2.20. The van der Waals surface area contributed by atoms with Crippen molar-refractivity contribution in [2.45, 2.75) is 39.7 Å². The minimum atomic E-state index is 0.147. The molecule has 0 aliphatic heterocycles. The second-order valence-electron chi connectivity index (χ2n) is 4.86. The standard InChI is InChI=1S/C10H20N2O/c1-7(6-11)4-9(13)12-8-5-10(8,2)3/h7-8H,4-6,11H2,1-3H3,(H,12,13). The van der Waals surface area contributed by atoms with Crippen LogP contribution in [0, 0.1) is 11.3 Å². The number of nitrogens with two attached hydrogens (primary N) is 1. The predicted molar refractivity (Wildman–Crippen MR) is 53.2 cm³/mol. The smallest absolute Gasteiger partial charge is 0.220 e. The van der Waals surface area contributed by atoms with Gasteiger partial charge in [0.25, 0.3) is 0 Å². The molecular formula is C10H20N2O. The molecule has 1 rings (SSSR count). The van der Waals surface area contributed by atoms with Gasteiger partial charge in [0, 0.05) is 12.5 Å². The Bertz CT molecular complexity index is 201. The third-order valence-corrected chi connectivity index (χ3v) is 2.78. The third-order valence-electron chi connectivity index (χ3n) is 2.78. The average Bonchev–Trinajstić information content (AvgIpc) is 2.58. The van der Waals surface area contributed by atoms with Crippen molar-refractivity contribution in [2.24, 2.45) is 17.1 Å². The van der Waals surface area contributed by atoms with Crippen LogP contribution in [0.5, 0.6) is 0 Å². The average molecular weight is 184 g/mol. The van der Waals surface area contributed by atoms with Gasteiger partial charge in [0.2, 0.25) is 5.91 Å². The van der Waals surface area contributed by atoms with E-state index in [1.807, 2.05) is 6.92 Å². The number of carbonyl (C=O) groups excluding carboxylic acids is 1. The molecule has 0 aromatic carbocycles. The number of rotatable bonds is 4. The summed E-state index contributed by atoms with van der Waals surface area (Å²) in [5.41, 5.74) is 5.76. The normalized spacial score (nSPS) is 26.6. The van der Waals surface area contributed by atoms with Crippen molar-refractivity contribution < 1.29 is 4.79 Å². The van der Waals surface area contributed by atoms with Gasteiger partial charge < -0.3 is 11.1 Å². The molecule has 0 aromatic heterocycles. The zero-order chi connectivity index (χ0) is 10.1. The molecule has 0 heterocycles. The molecule has 2 unspecified atom stereocenters. The monoisotopic (exact) mass is 184 g/mol. The molecule has 1 aliphatic rings. The van der Waals surface area contributed by atoms with E-state index in [0.29, 0.717) is 30.3 Å². The molecule has 0 radical (unpaired) electrons. The van der Waals surface area contributed by atoms with Gasteiger partial charge in [-0.05, 0) is 24.3 Å².